The van der Waals surface area contributed by atoms with Crippen molar-refractivity contribution in [3.63, 3.8) is 0 Å². The van der Waals surface area contributed by atoms with Gasteiger partial charge in [-0.2, -0.15) is 0 Å². The van der Waals surface area contributed by atoms with E-state index >= 15 is 0 Å². The van der Waals surface area contributed by atoms with Crippen LogP contribution >= 0.6 is 0 Å². The normalized spacial score (nSPS) is 10.8. The molecule has 0 spiro atoms. The largest absolute Gasteiger partial charge is 0.306 e. The first-order valence-corrected chi connectivity index (χ1v) is 8.22. The van der Waals surface area contributed by atoms with Crippen molar-refractivity contribution in [2.75, 3.05) is 11.9 Å². The third-order valence-corrected chi connectivity index (χ3v) is 3.64. The molecule has 128 valence electrons. The average molecular weight is 335 g/mol. The molecule has 0 fully saturated rings. The maximum Gasteiger partial charge on any atom is 0.240 e. The molecule has 0 radical (unpaired) electrons. The summed E-state index contributed by atoms with van der Waals surface area (Å²) < 4.78 is 1.88. The van der Waals surface area contributed by atoms with Gasteiger partial charge < -0.3 is 5.32 Å². The Kier molecular flexibility index (Phi) is 5.20. The van der Waals surface area contributed by atoms with Crippen LogP contribution in [0, 0.1) is 0 Å². The highest BCUT2D eigenvalue weighted by atomic mass is 16.2. The van der Waals surface area contributed by atoms with Gasteiger partial charge in [0.2, 0.25) is 11.9 Å². The Hall–Kier alpha value is -2.99. The van der Waals surface area contributed by atoms with Crippen LogP contribution < -0.4 is 10.6 Å². The topological polar surface area (TPSA) is 71.8 Å². The molecular weight excluding hydrogens is 314 g/mol. The monoisotopic (exact) mass is 335 g/mol. The summed E-state index contributed by atoms with van der Waals surface area (Å²) in [5.41, 5.74) is 2.65. The van der Waals surface area contributed by atoms with Crippen molar-refractivity contribution in [2.24, 2.45) is 0 Å². The SMILES string of the molecule is CC(C)NCC(=O)Nc1nc(-c2ccncc2)cn1-c1ccccc1. The molecule has 1 aromatic carbocycles. The fourth-order valence-corrected chi connectivity index (χ4v) is 2.38. The summed E-state index contributed by atoms with van der Waals surface area (Å²) in [6.07, 6.45) is 5.36. The number of carbonyl (C=O) groups is 1. The highest BCUT2D eigenvalue weighted by Gasteiger charge is 2.13. The third kappa shape index (κ3) is 4.30. The molecule has 0 saturated heterocycles. The van der Waals surface area contributed by atoms with Crippen molar-refractivity contribution < 1.29 is 4.79 Å². The van der Waals surface area contributed by atoms with Crippen LogP contribution in [0.3, 0.4) is 0 Å². The van der Waals surface area contributed by atoms with Crippen LogP contribution in [0.2, 0.25) is 0 Å². The van der Waals surface area contributed by atoms with Gasteiger partial charge in [0.25, 0.3) is 0 Å². The fraction of sp³-hybridized carbons (Fsp3) is 0.211. The lowest BCUT2D eigenvalue weighted by Gasteiger charge is -2.10. The molecule has 0 unspecified atom stereocenters. The number of aromatic nitrogens is 3. The van der Waals surface area contributed by atoms with Crippen molar-refractivity contribution in [3.05, 3.63) is 61.1 Å². The van der Waals surface area contributed by atoms with E-state index in [-0.39, 0.29) is 18.5 Å². The first-order valence-electron chi connectivity index (χ1n) is 8.22. The summed E-state index contributed by atoms with van der Waals surface area (Å²) in [6, 6.07) is 13.8. The summed E-state index contributed by atoms with van der Waals surface area (Å²) in [5, 5.41) is 6.00. The lowest BCUT2D eigenvalue weighted by Crippen LogP contribution is -2.33. The minimum atomic E-state index is -0.127. The molecule has 2 N–H and O–H groups in total. The molecule has 1 amide bonds. The van der Waals surface area contributed by atoms with Crippen LogP contribution in [0.1, 0.15) is 13.8 Å². The maximum atomic E-state index is 12.2. The minimum absolute atomic E-state index is 0.127. The molecule has 2 heterocycles. The molecule has 6 nitrogen and oxygen atoms in total. The molecule has 0 aliphatic rings. The van der Waals surface area contributed by atoms with E-state index in [1.807, 2.05) is 67.1 Å². The van der Waals surface area contributed by atoms with Crippen molar-refractivity contribution in [3.8, 4) is 16.9 Å². The van der Waals surface area contributed by atoms with Crippen molar-refractivity contribution >= 4 is 11.9 Å². The first kappa shape index (κ1) is 16.9. The molecule has 2 aromatic heterocycles. The van der Waals surface area contributed by atoms with Gasteiger partial charge in [-0.15, -0.1) is 0 Å². The van der Waals surface area contributed by atoms with Gasteiger partial charge in [0.05, 0.1) is 12.2 Å². The van der Waals surface area contributed by atoms with E-state index < -0.39 is 0 Å². The zero-order valence-corrected chi connectivity index (χ0v) is 14.3. The number of carbonyl (C=O) groups excluding carboxylic acids is 1. The second-order valence-corrected chi connectivity index (χ2v) is 5.97. The van der Waals surface area contributed by atoms with E-state index in [1.54, 1.807) is 12.4 Å². The molecule has 0 saturated carbocycles. The van der Waals surface area contributed by atoms with E-state index in [1.165, 1.54) is 0 Å². The predicted octanol–water partition coefficient (Wildman–Crippen LogP) is 2.87. The Labute approximate surface area is 146 Å². The molecule has 0 bridgehead atoms. The molecule has 25 heavy (non-hydrogen) atoms. The molecule has 6 heteroatoms. The number of nitrogens with one attached hydrogen (secondary N) is 2. The Balaban J connectivity index is 1.92. The number of nitrogens with zero attached hydrogens (tertiary/aromatic N) is 3. The summed E-state index contributed by atoms with van der Waals surface area (Å²) in [7, 11) is 0. The second kappa shape index (κ2) is 7.72. The number of rotatable bonds is 6. The molecule has 0 aliphatic carbocycles. The summed E-state index contributed by atoms with van der Waals surface area (Å²) in [6.45, 7) is 4.24. The molecule has 0 aliphatic heterocycles. The number of imidazole rings is 1. The summed E-state index contributed by atoms with van der Waals surface area (Å²) in [4.78, 5) is 20.8. The number of pyridine rings is 1. The van der Waals surface area contributed by atoms with Crippen LogP contribution in [-0.2, 0) is 4.79 Å². The molecule has 3 aromatic rings. The molecule has 3 rings (SSSR count). The summed E-state index contributed by atoms with van der Waals surface area (Å²) in [5.74, 6) is 0.367. The molecule has 0 atom stereocenters. The van der Waals surface area contributed by atoms with Crippen LogP contribution in [0.25, 0.3) is 16.9 Å². The van der Waals surface area contributed by atoms with Crippen LogP contribution in [0.4, 0.5) is 5.95 Å². The van der Waals surface area contributed by atoms with Crippen molar-refractivity contribution in [2.45, 2.75) is 19.9 Å². The predicted molar refractivity (Wildman–Crippen MR) is 98.6 cm³/mol. The van der Waals surface area contributed by atoms with Gasteiger partial charge in [0.15, 0.2) is 0 Å². The zero-order valence-electron chi connectivity index (χ0n) is 14.3. The van der Waals surface area contributed by atoms with Gasteiger partial charge in [-0.3, -0.25) is 19.7 Å². The van der Waals surface area contributed by atoms with Crippen LogP contribution in [-0.4, -0.2) is 33.0 Å². The zero-order chi connectivity index (χ0) is 17.6. The van der Waals surface area contributed by atoms with E-state index in [4.69, 9.17) is 0 Å². The lowest BCUT2D eigenvalue weighted by atomic mass is 10.2. The van der Waals surface area contributed by atoms with E-state index in [0.29, 0.717) is 5.95 Å². The molecular formula is C19H21N5O. The number of hydrogen-bond acceptors (Lipinski definition) is 4. The quantitative estimate of drug-likeness (QED) is 0.726. The smallest absolute Gasteiger partial charge is 0.240 e. The Morgan fingerprint density at radius 2 is 1.84 bits per heavy atom. The lowest BCUT2D eigenvalue weighted by molar-refractivity contribution is -0.115. The Bertz CT molecular complexity index is 828. The standard InChI is InChI=1S/C19H21N5O/c1-14(2)21-12-18(25)23-19-22-17(15-8-10-20-11-9-15)13-24(19)16-6-4-3-5-7-16/h3-11,13-14,21H,12H2,1-2H3,(H,22,23,25). The van der Waals surface area contributed by atoms with Gasteiger partial charge in [0, 0.05) is 35.9 Å². The van der Waals surface area contributed by atoms with Gasteiger partial charge in [-0.05, 0) is 24.3 Å². The minimum Gasteiger partial charge on any atom is -0.306 e. The third-order valence-electron chi connectivity index (χ3n) is 3.64. The van der Waals surface area contributed by atoms with Crippen LogP contribution in [0.15, 0.2) is 61.1 Å². The number of amides is 1. The highest BCUT2D eigenvalue weighted by molar-refractivity contribution is 5.91. The van der Waals surface area contributed by atoms with Crippen LogP contribution in [0.5, 0.6) is 0 Å². The Morgan fingerprint density at radius 3 is 2.52 bits per heavy atom. The number of para-hydroxylation sites is 1. The van der Waals surface area contributed by atoms with Gasteiger partial charge in [-0.25, -0.2) is 4.98 Å². The Morgan fingerprint density at radius 1 is 1.12 bits per heavy atom. The van der Waals surface area contributed by atoms with Gasteiger partial charge in [-0.1, -0.05) is 32.0 Å². The maximum absolute atomic E-state index is 12.2. The second-order valence-electron chi connectivity index (χ2n) is 5.97. The van der Waals surface area contributed by atoms with Gasteiger partial charge in [0.1, 0.15) is 0 Å². The van der Waals surface area contributed by atoms with Crippen molar-refractivity contribution in [1.29, 1.82) is 0 Å². The summed E-state index contributed by atoms with van der Waals surface area (Å²) >= 11 is 0. The number of benzene rings is 1. The van der Waals surface area contributed by atoms with E-state index in [0.717, 1.165) is 16.9 Å². The first-order chi connectivity index (χ1) is 12.1. The van der Waals surface area contributed by atoms with E-state index in [9.17, 15) is 4.79 Å². The van der Waals surface area contributed by atoms with Crippen molar-refractivity contribution in [1.82, 2.24) is 19.9 Å². The highest BCUT2D eigenvalue weighted by Crippen LogP contribution is 2.23. The number of anilines is 1. The fourth-order valence-electron chi connectivity index (χ4n) is 2.38. The number of hydrogen-bond donors (Lipinski definition) is 2. The van der Waals surface area contributed by atoms with Gasteiger partial charge >= 0.3 is 0 Å². The van der Waals surface area contributed by atoms with E-state index in [2.05, 4.69) is 20.6 Å². The average Bonchev–Trinajstić information content (AvgIpc) is 3.05.